The third-order valence-electron chi connectivity index (χ3n) is 4.51. The average molecular weight is 391 g/mol. The molecule has 3 amide bonds. The number of carbonyl (C=O) groups is 3. The molecule has 0 bridgehead atoms. The van der Waals surface area contributed by atoms with Crippen molar-refractivity contribution in [2.75, 3.05) is 11.9 Å². The van der Waals surface area contributed by atoms with Gasteiger partial charge in [-0.3, -0.25) is 19.3 Å². The molecule has 1 aliphatic rings. The summed E-state index contributed by atoms with van der Waals surface area (Å²) in [4.78, 5) is 42.2. The molecule has 0 fully saturated rings. The monoisotopic (exact) mass is 391 g/mol. The number of anilines is 1. The van der Waals surface area contributed by atoms with Crippen molar-refractivity contribution in [2.45, 2.75) is 12.8 Å². The molecule has 0 saturated heterocycles. The van der Waals surface area contributed by atoms with E-state index >= 15 is 0 Å². The van der Waals surface area contributed by atoms with E-state index in [0.717, 1.165) is 10.6 Å². The number of carbonyl (C=O) groups excluding carboxylic acids is 3. The second-order valence-electron chi connectivity index (χ2n) is 6.37. The fourth-order valence-electron chi connectivity index (χ4n) is 3.13. The molecular formula is C21H17N3O3S. The lowest BCUT2D eigenvalue weighted by Gasteiger charge is -2.13. The molecule has 7 heteroatoms. The number of benzene rings is 2. The molecule has 4 rings (SSSR count). The van der Waals surface area contributed by atoms with Crippen molar-refractivity contribution in [3.63, 3.8) is 0 Å². The SMILES string of the molecule is O=C(CCCN1C(=O)c2ccccc2C1=O)Nc1ccc(-c2nccs2)cc1. The Labute approximate surface area is 165 Å². The van der Waals surface area contributed by atoms with Crippen LogP contribution < -0.4 is 5.32 Å². The van der Waals surface area contributed by atoms with Crippen LogP contribution in [0.1, 0.15) is 33.6 Å². The van der Waals surface area contributed by atoms with E-state index < -0.39 is 0 Å². The Morgan fingerprint density at radius 1 is 1.00 bits per heavy atom. The molecular weight excluding hydrogens is 374 g/mol. The van der Waals surface area contributed by atoms with E-state index in [2.05, 4.69) is 10.3 Å². The Hall–Kier alpha value is -3.32. The Morgan fingerprint density at radius 3 is 2.29 bits per heavy atom. The normalized spacial score (nSPS) is 12.9. The lowest BCUT2D eigenvalue weighted by Crippen LogP contribution is -2.31. The van der Waals surface area contributed by atoms with Crippen LogP contribution in [0.15, 0.2) is 60.1 Å². The number of amides is 3. The number of nitrogens with one attached hydrogen (secondary N) is 1. The molecule has 2 heterocycles. The lowest BCUT2D eigenvalue weighted by molar-refractivity contribution is -0.116. The van der Waals surface area contributed by atoms with Gasteiger partial charge in [0.05, 0.1) is 11.1 Å². The van der Waals surface area contributed by atoms with Gasteiger partial charge in [-0.1, -0.05) is 12.1 Å². The highest BCUT2D eigenvalue weighted by molar-refractivity contribution is 7.13. The minimum absolute atomic E-state index is 0.154. The minimum Gasteiger partial charge on any atom is -0.326 e. The predicted octanol–water partition coefficient (Wildman–Crippen LogP) is 3.83. The van der Waals surface area contributed by atoms with E-state index in [1.165, 1.54) is 4.90 Å². The highest BCUT2D eigenvalue weighted by Crippen LogP contribution is 2.24. The first-order valence-electron chi connectivity index (χ1n) is 8.88. The quantitative estimate of drug-likeness (QED) is 0.648. The van der Waals surface area contributed by atoms with Crippen molar-refractivity contribution in [3.05, 3.63) is 71.2 Å². The zero-order valence-electron chi connectivity index (χ0n) is 14.9. The van der Waals surface area contributed by atoms with E-state index in [0.29, 0.717) is 23.2 Å². The van der Waals surface area contributed by atoms with Crippen LogP contribution in [0.2, 0.25) is 0 Å². The van der Waals surface area contributed by atoms with Gasteiger partial charge in [0.25, 0.3) is 11.8 Å². The van der Waals surface area contributed by atoms with Gasteiger partial charge in [-0.25, -0.2) is 4.98 Å². The van der Waals surface area contributed by atoms with Crippen LogP contribution >= 0.6 is 11.3 Å². The first-order valence-corrected chi connectivity index (χ1v) is 9.76. The first kappa shape index (κ1) is 18.1. The molecule has 0 unspecified atom stereocenters. The number of rotatable bonds is 6. The van der Waals surface area contributed by atoms with Crippen LogP contribution in [0, 0.1) is 0 Å². The maximum absolute atomic E-state index is 12.3. The smallest absolute Gasteiger partial charge is 0.261 e. The van der Waals surface area contributed by atoms with Crippen LogP contribution in [0.3, 0.4) is 0 Å². The fraction of sp³-hybridized carbons (Fsp3) is 0.143. The maximum atomic E-state index is 12.3. The molecule has 140 valence electrons. The molecule has 0 aliphatic carbocycles. The van der Waals surface area contributed by atoms with E-state index in [-0.39, 0.29) is 30.7 Å². The number of fused-ring (bicyclic) bond motifs is 1. The first-order chi connectivity index (χ1) is 13.6. The molecule has 1 N–H and O–H groups in total. The third-order valence-corrected chi connectivity index (χ3v) is 5.33. The molecule has 2 aromatic carbocycles. The van der Waals surface area contributed by atoms with E-state index in [1.807, 2.05) is 29.6 Å². The van der Waals surface area contributed by atoms with Gasteiger partial charge in [0, 0.05) is 35.8 Å². The van der Waals surface area contributed by atoms with E-state index in [4.69, 9.17) is 0 Å². The number of hydrogen-bond donors (Lipinski definition) is 1. The summed E-state index contributed by atoms with van der Waals surface area (Å²) in [5.74, 6) is -0.740. The number of aromatic nitrogens is 1. The molecule has 0 saturated carbocycles. The molecule has 0 spiro atoms. The van der Waals surface area contributed by atoms with E-state index in [1.54, 1.807) is 41.8 Å². The second-order valence-corrected chi connectivity index (χ2v) is 7.27. The minimum atomic E-state index is -0.293. The van der Waals surface area contributed by atoms with Gasteiger partial charge in [0.1, 0.15) is 5.01 Å². The standard InChI is InChI=1S/C21H17N3O3S/c25-18(23-15-9-7-14(8-10-15)19-22-11-13-28-19)6-3-12-24-20(26)16-4-1-2-5-17(16)21(24)27/h1-2,4-5,7-11,13H,3,6,12H2,(H,23,25). The Morgan fingerprint density at radius 2 is 1.68 bits per heavy atom. The molecule has 28 heavy (non-hydrogen) atoms. The van der Waals surface area contributed by atoms with Crippen molar-refractivity contribution in [3.8, 4) is 10.6 Å². The topological polar surface area (TPSA) is 79.4 Å². The highest BCUT2D eigenvalue weighted by Gasteiger charge is 2.34. The number of thiazole rings is 1. The highest BCUT2D eigenvalue weighted by atomic mass is 32.1. The third kappa shape index (κ3) is 3.57. The molecule has 3 aromatic rings. The van der Waals surface area contributed by atoms with Gasteiger partial charge >= 0.3 is 0 Å². The van der Waals surface area contributed by atoms with Gasteiger partial charge in [-0.15, -0.1) is 11.3 Å². The maximum Gasteiger partial charge on any atom is 0.261 e. The Balaban J connectivity index is 1.28. The molecule has 0 atom stereocenters. The van der Waals surface area contributed by atoms with Crippen LogP contribution in [-0.4, -0.2) is 34.2 Å². The van der Waals surface area contributed by atoms with Crippen LogP contribution in [0.5, 0.6) is 0 Å². The van der Waals surface area contributed by atoms with Crippen molar-refractivity contribution in [2.24, 2.45) is 0 Å². The Kier molecular flexibility index (Phi) is 4.99. The van der Waals surface area contributed by atoms with Crippen molar-refractivity contribution in [1.29, 1.82) is 0 Å². The van der Waals surface area contributed by atoms with Gasteiger partial charge in [0.15, 0.2) is 0 Å². The van der Waals surface area contributed by atoms with Gasteiger partial charge < -0.3 is 5.32 Å². The number of hydrogen-bond acceptors (Lipinski definition) is 5. The zero-order chi connectivity index (χ0) is 19.5. The van der Waals surface area contributed by atoms with Crippen molar-refractivity contribution >= 4 is 34.7 Å². The zero-order valence-corrected chi connectivity index (χ0v) is 15.7. The van der Waals surface area contributed by atoms with Crippen molar-refractivity contribution in [1.82, 2.24) is 9.88 Å². The largest absolute Gasteiger partial charge is 0.326 e. The Bertz CT molecular complexity index is 994. The molecule has 6 nitrogen and oxygen atoms in total. The number of nitrogens with zero attached hydrogens (tertiary/aromatic N) is 2. The summed E-state index contributed by atoms with van der Waals surface area (Å²) in [6.45, 7) is 0.225. The summed E-state index contributed by atoms with van der Waals surface area (Å²) in [5, 5.41) is 5.68. The molecule has 1 aliphatic heterocycles. The van der Waals surface area contributed by atoms with Crippen LogP contribution in [0.4, 0.5) is 5.69 Å². The molecule has 1 aromatic heterocycles. The van der Waals surface area contributed by atoms with Gasteiger partial charge in [0.2, 0.25) is 5.91 Å². The fourth-order valence-corrected chi connectivity index (χ4v) is 3.77. The lowest BCUT2D eigenvalue weighted by atomic mass is 10.1. The average Bonchev–Trinajstić information content (AvgIpc) is 3.32. The van der Waals surface area contributed by atoms with E-state index in [9.17, 15) is 14.4 Å². The summed E-state index contributed by atoms with van der Waals surface area (Å²) in [5.41, 5.74) is 2.55. The summed E-state index contributed by atoms with van der Waals surface area (Å²) < 4.78 is 0. The number of imide groups is 1. The van der Waals surface area contributed by atoms with Crippen LogP contribution in [0.25, 0.3) is 10.6 Å². The van der Waals surface area contributed by atoms with Crippen LogP contribution in [-0.2, 0) is 4.79 Å². The van der Waals surface area contributed by atoms with Gasteiger partial charge in [-0.2, -0.15) is 0 Å². The summed E-state index contributed by atoms with van der Waals surface area (Å²) in [6.07, 6.45) is 2.39. The van der Waals surface area contributed by atoms with Gasteiger partial charge in [-0.05, 0) is 42.8 Å². The van der Waals surface area contributed by atoms with Crippen molar-refractivity contribution < 1.29 is 14.4 Å². The molecule has 0 radical (unpaired) electrons. The predicted molar refractivity (Wildman–Crippen MR) is 107 cm³/mol. The summed E-state index contributed by atoms with van der Waals surface area (Å²) >= 11 is 1.56. The summed E-state index contributed by atoms with van der Waals surface area (Å²) in [6, 6.07) is 14.3. The second kappa shape index (κ2) is 7.74. The summed E-state index contributed by atoms with van der Waals surface area (Å²) in [7, 11) is 0.